The molecule has 14 atom stereocenters. The number of Topliss-reactive ketones (excluding diaryl/α,β-unsaturated/α-hetero) is 1. The number of esters is 1. The standard InChI is InChI=1S/C36H58N2O12/c1-12-27-36(8,43)31(41)21(4)28(39)19(2)18-35(7,46-11)32(50-34-29(40)25(37(9)10)17-20(3)47-34)22(5)30(23(6)33(42)49-27)48-26-16-14-13-15-24(26)38(44)45/h13-16,19-23,25,27,29-32,34,40-41,43H,12,17-18H2,1-11H3/t19-,20-,21+,22+,23-,25+,27?,29-,30?,31-,32-,34+,35-,36-/m1/s1. The van der Waals surface area contributed by atoms with Crippen LogP contribution >= 0.6 is 0 Å². The molecule has 0 aromatic heterocycles. The molecule has 0 spiro atoms. The fraction of sp³-hybridized carbons (Fsp3) is 0.778. The molecule has 0 saturated carbocycles. The van der Waals surface area contributed by atoms with Gasteiger partial charge in [-0.05, 0) is 67.1 Å². The van der Waals surface area contributed by atoms with E-state index in [9.17, 15) is 35.0 Å². The van der Waals surface area contributed by atoms with Gasteiger partial charge in [0.15, 0.2) is 12.0 Å². The third kappa shape index (κ3) is 8.83. The number of hydrogen-bond donors (Lipinski definition) is 3. The zero-order valence-electron chi connectivity index (χ0n) is 31.3. The number of aliphatic hydroxyl groups excluding tert-OH is 2. The lowest BCUT2D eigenvalue weighted by atomic mass is 9.74. The van der Waals surface area contributed by atoms with Crippen LogP contribution in [-0.2, 0) is 28.5 Å². The number of methoxy groups -OCH3 is 1. The smallest absolute Gasteiger partial charge is 0.312 e. The Bertz CT molecular complexity index is 1330. The highest BCUT2D eigenvalue weighted by molar-refractivity contribution is 5.83. The Labute approximate surface area is 295 Å². The van der Waals surface area contributed by atoms with Crippen molar-refractivity contribution in [1.29, 1.82) is 0 Å². The Balaban J connectivity index is 2.26. The maximum Gasteiger partial charge on any atom is 0.312 e. The molecule has 2 aliphatic rings. The highest BCUT2D eigenvalue weighted by atomic mass is 16.7. The minimum atomic E-state index is -2.01. The number of benzene rings is 1. The van der Waals surface area contributed by atoms with Crippen molar-refractivity contribution < 1.29 is 53.5 Å². The number of ether oxygens (including phenoxy) is 5. The van der Waals surface area contributed by atoms with Crippen molar-refractivity contribution in [3.63, 3.8) is 0 Å². The van der Waals surface area contributed by atoms with E-state index in [1.807, 2.05) is 25.9 Å². The predicted molar refractivity (Wildman–Crippen MR) is 183 cm³/mol. The topological polar surface area (TPSA) is 187 Å². The van der Waals surface area contributed by atoms with Crippen molar-refractivity contribution >= 4 is 17.4 Å². The zero-order valence-corrected chi connectivity index (χ0v) is 31.3. The number of para-hydroxylation sites is 2. The molecule has 0 aliphatic carbocycles. The summed E-state index contributed by atoms with van der Waals surface area (Å²) in [6.07, 6.45) is -6.88. The normalized spacial score (nSPS) is 40.9. The fourth-order valence-electron chi connectivity index (χ4n) is 7.64. The van der Waals surface area contributed by atoms with Gasteiger partial charge in [-0.1, -0.05) is 39.8 Å². The summed E-state index contributed by atoms with van der Waals surface area (Å²) in [6.45, 7) is 13.1. The Hall–Kier alpha value is -2.72. The number of nitro groups is 1. The summed E-state index contributed by atoms with van der Waals surface area (Å²) in [5.41, 5.74) is -3.65. The van der Waals surface area contributed by atoms with Gasteiger partial charge < -0.3 is 43.9 Å². The van der Waals surface area contributed by atoms with Gasteiger partial charge in [0.25, 0.3) is 0 Å². The van der Waals surface area contributed by atoms with Crippen molar-refractivity contribution in [3.8, 4) is 5.75 Å². The second-order valence-corrected chi connectivity index (χ2v) is 14.9. The van der Waals surface area contributed by atoms with E-state index in [0.29, 0.717) is 6.42 Å². The average molecular weight is 711 g/mol. The van der Waals surface area contributed by atoms with E-state index in [-0.39, 0.29) is 42.2 Å². The molecular formula is C36H58N2O12. The largest absolute Gasteiger partial charge is 0.482 e. The van der Waals surface area contributed by atoms with Gasteiger partial charge in [-0.3, -0.25) is 19.7 Å². The first-order valence-corrected chi connectivity index (χ1v) is 17.5. The molecule has 50 heavy (non-hydrogen) atoms. The molecular weight excluding hydrogens is 652 g/mol. The SMILES string of the molecule is CCC1OC(=O)[C@H](C)C(Oc2ccccc2[N+](=O)[O-])[C@H](C)[C@@H](O[C@@H]2O[C@H](C)C[C@H](N(C)C)[C@H]2O)[C@](C)(OC)C[C@@H](C)C(=O)[C@H](C)[C@@H](O)[C@]1(C)O. The average Bonchev–Trinajstić information content (AvgIpc) is 3.07. The molecule has 2 aliphatic heterocycles. The molecule has 2 saturated heterocycles. The molecule has 0 bridgehead atoms. The fourth-order valence-corrected chi connectivity index (χ4v) is 7.64. The predicted octanol–water partition coefficient (Wildman–Crippen LogP) is 3.51. The van der Waals surface area contributed by atoms with Crippen molar-refractivity contribution in [3.05, 3.63) is 34.4 Å². The summed E-state index contributed by atoms with van der Waals surface area (Å²) in [5, 5.41) is 46.4. The van der Waals surface area contributed by atoms with Crippen molar-refractivity contribution in [2.45, 2.75) is 135 Å². The highest BCUT2D eigenvalue weighted by Crippen LogP contribution is 2.41. The summed E-state index contributed by atoms with van der Waals surface area (Å²) >= 11 is 0. The lowest BCUT2D eigenvalue weighted by Gasteiger charge is -2.48. The van der Waals surface area contributed by atoms with Crippen molar-refractivity contribution in [1.82, 2.24) is 4.90 Å². The van der Waals surface area contributed by atoms with Crippen molar-refractivity contribution in [2.75, 3.05) is 21.2 Å². The summed E-state index contributed by atoms with van der Waals surface area (Å²) in [4.78, 5) is 41.2. The van der Waals surface area contributed by atoms with E-state index >= 15 is 0 Å². The van der Waals surface area contributed by atoms with Crippen LogP contribution in [0.5, 0.6) is 5.75 Å². The van der Waals surface area contributed by atoms with Crippen molar-refractivity contribution in [2.24, 2.45) is 23.7 Å². The number of nitrogens with zero attached hydrogens (tertiary/aromatic N) is 2. The van der Waals surface area contributed by atoms with Gasteiger partial charge in [0, 0.05) is 37.0 Å². The lowest BCUT2D eigenvalue weighted by molar-refractivity contribution is -0.386. The van der Waals surface area contributed by atoms with Gasteiger partial charge in [-0.15, -0.1) is 0 Å². The van der Waals surface area contributed by atoms with Gasteiger partial charge in [-0.2, -0.15) is 0 Å². The first kappa shape index (κ1) is 41.7. The molecule has 3 rings (SSSR count). The summed E-state index contributed by atoms with van der Waals surface area (Å²) < 4.78 is 31.3. The van der Waals surface area contributed by atoms with E-state index in [2.05, 4.69) is 0 Å². The molecule has 14 heteroatoms. The van der Waals surface area contributed by atoms with Crippen LogP contribution in [0.2, 0.25) is 0 Å². The first-order chi connectivity index (χ1) is 23.2. The van der Waals surface area contributed by atoms with Gasteiger partial charge in [0.1, 0.15) is 29.7 Å². The third-order valence-corrected chi connectivity index (χ3v) is 10.8. The Morgan fingerprint density at radius 1 is 1.06 bits per heavy atom. The molecule has 2 fully saturated rings. The Morgan fingerprint density at radius 2 is 1.68 bits per heavy atom. The number of carbonyl (C=O) groups is 2. The van der Waals surface area contributed by atoms with Crippen LogP contribution in [0.1, 0.15) is 74.7 Å². The number of ketones is 1. The number of carbonyl (C=O) groups excluding carboxylic acids is 2. The molecule has 0 radical (unpaired) electrons. The molecule has 2 heterocycles. The molecule has 284 valence electrons. The van der Waals surface area contributed by atoms with E-state index in [1.165, 1.54) is 39.2 Å². The number of aliphatic hydroxyl groups is 3. The maximum absolute atomic E-state index is 14.0. The number of cyclic esters (lactones) is 1. The zero-order chi connectivity index (χ0) is 37.9. The van der Waals surface area contributed by atoms with Gasteiger partial charge >= 0.3 is 11.7 Å². The Kier molecular flexibility index (Phi) is 14.0. The van der Waals surface area contributed by atoms with Crippen LogP contribution < -0.4 is 4.74 Å². The highest BCUT2D eigenvalue weighted by Gasteiger charge is 2.52. The summed E-state index contributed by atoms with van der Waals surface area (Å²) in [5.74, 6) is -5.01. The minimum Gasteiger partial charge on any atom is -0.482 e. The molecule has 3 N–H and O–H groups in total. The summed E-state index contributed by atoms with van der Waals surface area (Å²) in [6, 6.07) is 5.46. The van der Waals surface area contributed by atoms with Crippen LogP contribution in [0.4, 0.5) is 5.69 Å². The van der Waals surface area contributed by atoms with Gasteiger partial charge in [0.2, 0.25) is 0 Å². The van der Waals surface area contributed by atoms with E-state index in [1.54, 1.807) is 40.7 Å². The van der Waals surface area contributed by atoms with E-state index in [4.69, 9.17) is 23.7 Å². The van der Waals surface area contributed by atoms with Gasteiger partial charge in [0.05, 0.1) is 34.8 Å². The quantitative estimate of drug-likeness (QED) is 0.202. The van der Waals surface area contributed by atoms with Crippen LogP contribution in [0, 0.1) is 33.8 Å². The van der Waals surface area contributed by atoms with Crippen LogP contribution in [-0.4, -0.2) is 118 Å². The van der Waals surface area contributed by atoms with Crippen LogP contribution in [0.3, 0.4) is 0 Å². The molecule has 2 unspecified atom stereocenters. The monoisotopic (exact) mass is 710 g/mol. The number of hydrogen-bond acceptors (Lipinski definition) is 13. The first-order valence-electron chi connectivity index (χ1n) is 17.5. The van der Waals surface area contributed by atoms with Crippen LogP contribution in [0.15, 0.2) is 24.3 Å². The van der Waals surface area contributed by atoms with Gasteiger partial charge in [-0.25, -0.2) is 0 Å². The summed E-state index contributed by atoms with van der Waals surface area (Å²) in [7, 11) is 5.15. The van der Waals surface area contributed by atoms with Crippen LogP contribution in [0.25, 0.3) is 0 Å². The molecule has 0 amide bonds. The van der Waals surface area contributed by atoms with E-state index < -0.39 is 82.6 Å². The van der Waals surface area contributed by atoms with E-state index in [0.717, 1.165) is 0 Å². The second kappa shape index (κ2) is 16.7. The molecule has 1 aromatic carbocycles. The minimum absolute atomic E-state index is 0.0558. The lowest BCUT2D eigenvalue weighted by Crippen LogP contribution is -2.60. The number of rotatable bonds is 8. The Morgan fingerprint density at radius 3 is 2.24 bits per heavy atom. The molecule has 1 aromatic rings. The molecule has 14 nitrogen and oxygen atoms in total. The maximum atomic E-state index is 14.0. The number of nitro benzene ring substituents is 1. The third-order valence-electron chi connectivity index (χ3n) is 10.8. The number of likely N-dealkylation sites (N-methyl/N-ethyl adjacent to an activating group) is 1. The second-order valence-electron chi connectivity index (χ2n) is 14.9.